The summed E-state index contributed by atoms with van der Waals surface area (Å²) in [6.45, 7) is 2.53. The predicted octanol–water partition coefficient (Wildman–Crippen LogP) is 5.71. The summed E-state index contributed by atoms with van der Waals surface area (Å²) in [5.41, 5.74) is 0.970. The molecule has 216 valence electrons. The minimum atomic E-state index is -2.37. The molecule has 0 saturated heterocycles. The third kappa shape index (κ3) is 5.22. The highest BCUT2D eigenvalue weighted by Crippen LogP contribution is 2.43. The van der Waals surface area contributed by atoms with Crippen molar-refractivity contribution in [3.8, 4) is 34.5 Å². The number of rotatable bonds is 8. The molecule has 4 rings (SSSR count). The number of fused-ring (bicyclic) bond motifs is 1. The van der Waals surface area contributed by atoms with Crippen molar-refractivity contribution in [3.63, 3.8) is 0 Å². The molecule has 0 aliphatic carbocycles. The Morgan fingerprint density at radius 2 is 1.46 bits per heavy atom. The molecule has 3 aromatic rings. The smallest absolute Gasteiger partial charge is 0.352 e. The van der Waals surface area contributed by atoms with E-state index in [4.69, 9.17) is 28.4 Å². The quantitative estimate of drug-likeness (QED) is 0.0837. The van der Waals surface area contributed by atoms with Crippen LogP contribution in [0.1, 0.15) is 28.4 Å². The van der Waals surface area contributed by atoms with Crippen LogP contribution in [0.15, 0.2) is 30.0 Å². The molecule has 0 bridgehead atoms. The van der Waals surface area contributed by atoms with E-state index in [9.17, 15) is 31.5 Å². The first-order valence-electron chi connectivity index (χ1n) is 11.7. The lowest BCUT2D eigenvalue weighted by molar-refractivity contribution is -0.141. The lowest BCUT2D eigenvalue weighted by atomic mass is 10.0. The zero-order valence-corrected chi connectivity index (χ0v) is 22.1. The molecular formula is C28H21F5O8. The van der Waals surface area contributed by atoms with Gasteiger partial charge in [0.1, 0.15) is 11.5 Å². The molecule has 1 aliphatic rings. The molecule has 1 aliphatic heterocycles. The lowest BCUT2D eigenvalue weighted by Crippen LogP contribution is -2.29. The molecule has 1 heterocycles. The summed E-state index contributed by atoms with van der Waals surface area (Å²) < 4.78 is 99.7. The summed E-state index contributed by atoms with van der Waals surface area (Å²) in [5.74, 6) is -13.9. The van der Waals surface area contributed by atoms with Gasteiger partial charge in [0.15, 0.2) is 29.1 Å². The number of hydrogen-bond donors (Lipinski definition) is 0. The summed E-state index contributed by atoms with van der Waals surface area (Å²) in [5, 5.41) is 0. The van der Waals surface area contributed by atoms with Crippen LogP contribution in [-0.4, -0.2) is 39.2 Å². The Bertz CT molecular complexity index is 1570. The molecule has 1 unspecified atom stereocenters. The van der Waals surface area contributed by atoms with Crippen molar-refractivity contribution in [1.29, 1.82) is 0 Å². The van der Waals surface area contributed by atoms with E-state index in [1.54, 1.807) is 19.1 Å². The largest absolute Gasteiger partial charge is 0.493 e. The summed E-state index contributed by atoms with van der Waals surface area (Å²) in [6, 6.07) is 5.77. The summed E-state index contributed by atoms with van der Waals surface area (Å²) in [4.78, 5) is 25.6. The highest BCUT2D eigenvalue weighted by molar-refractivity contribution is 6.15. The maximum absolute atomic E-state index is 13.9. The summed E-state index contributed by atoms with van der Waals surface area (Å²) in [6.07, 6.45) is -0.374. The number of carbonyl (C=O) groups is 2. The normalized spacial score (nSPS) is 13.9. The van der Waals surface area contributed by atoms with Crippen LogP contribution in [0.5, 0.6) is 34.5 Å². The molecule has 3 aromatic carbocycles. The highest BCUT2D eigenvalue weighted by atomic mass is 19.2. The molecule has 0 N–H and O–H groups in total. The fraction of sp³-hybridized carbons (Fsp3) is 0.214. The summed E-state index contributed by atoms with van der Waals surface area (Å²) in [7, 11) is 4.28. The topological polar surface area (TPSA) is 89.5 Å². The number of Topliss-reactive ketones (excluding diaryl/α,β-unsaturated/α-hetero) is 1. The van der Waals surface area contributed by atoms with Crippen molar-refractivity contribution in [2.75, 3.05) is 21.3 Å². The standard InChI is InChI=1S/C28H21F5O8/c1-11-8-14(40-28(35)12(2)39-27-22(32)20(30)19(29)21(31)23(27)33)10-16-18(11)24(34)17(41-16)9-13-6-7-15(36-3)26(38-5)25(13)37-4/h6-10,12H,1-5H3/b17-9-. The van der Waals surface area contributed by atoms with Gasteiger partial charge in [0.2, 0.25) is 40.6 Å². The number of methoxy groups -OCH3 is 3. The van der Waals surface area contributed by atoms with Gasteiger partial charge in [-0.1, -0.05) is 0 Å². The zero-order chi connectivity index (χ0) is 30.2. The Morgan fingerprint density at radius 1 is 0.854 bits per heavy atom. The molecule has 8 nitrogen and oxygen atoms in total. The van der Waals surface area contributed by atoms with Crippen LogP contribution in [0.25, 0.3) is 6.08 Å². The first-order chi connectivity index (χ1) is 19.4. The van der Waals surface area contributed by atoms with Crippen LogP contribution in [0, 0.1) is 36.0 Å². The van der Waals surface area contributed by atoms with Crippen molar-refractivity contribution >= 4 is 17.8 Å². The van der Waals surface area contributed by atoms with Crippen molar-refractivity contribution in [1.82, 2.24) is 0 Å². The van der Waals surface area contributed by atoms with E-state index in [-0.39, 0.29) is 28.6 Å². The molecule has 1 atom stereocenters. The lowest BCUT2D eigenvalue weighted by Gasteiger charge is -2.16. The van der Waals surface area contributed by atoms with Gasteiger partial charge in [0.05, 0.1) is 26.9 Å². The second-order valence-electron chi connectivity index (χ2n) is 8.56. The minimum Gasteiger partial charge on any atom is -0.493 e. The molecule has 0 saturated carbocycles. The third-order valence-corrected chi connectivity index (χ3v) is 5.98. The van der Waals surface area contributed by atoms with Gasteiger partial charge in [-0.3, -0.25) is 4.79 Å². The van der Waals surface area contributed by atoms with Crippen LogP contribution >= 0.6 is 0 Å². The van der Waals surface area contributed by atoms with Crippen LogP contribution in [0.4, 0.5) is 22.0 Å². The number of hydrogen-bond acceptors (Lipinski definition) is 8. The zero-order valence-electron chi connectivity index (χ0n) is 22.1. The molecule has 0 radical (unpaired) electrons. The molecule has 0 fully saturated rings. The molecule has 13 heteroatoms. The molecule has 0 amide bonds. The Labute approximate surface area is 229 Å². The van der Waals surface area contributed by atoms with Gasteiger partial charge in [-0.2, -0.15) is 8.78 Å². The number of carbonyl (C=O) groups excluding carboxylic acids is 2. The number of esters is 1. The second-order valence-corrected chi connectivity index (χ2v) is 8.56. The second kappa shape index (κ2) is 11.4. The average Bonchev–Trinajstić information content (AvgIpc) is 3.27. The van der Waals surface area contributed by atoms with Gasteiger partial charge in [0.25, 0.3) is 0 Å². The van der Waals surface area contributed by atoms with Gasteiger partial charge in [-0.05, 0) is 43.7 Å². The molecular weight excluding hydrogens is 559 g/mol. The number of aryl methyl sites for hydroxylation is 1. The first-order valence-corrected chi connectivity index (χ1v) is 11.7. The van der Waals surface area contributed by atoms with E-state index in [0.29, 0.717) is 22.6 Å². The predicted molar refractivity (Wildman–Crippen MR) is 132 cm³/mol. The number of halogens is 5. The Balaban J connectivity index is 1.58. The van der Waals surface area contributed by atoms with Crippen LogP contribution < -0.4 is 28.4 Å². The highest BCUT2D eigenvalue weighted by Gasteiger charge is 2.33. The van der Waals surface area contributed by atoms with Crippen molar-refractivity contribution in [2.45, 2.75) is 20.0 Å². The number of allylic oxidation sites excluding steroid dienone is 1. The fourth-order valence-corrected chi connectivity index (χ4v) is 4.03. The van der Waals surface area contributed by atoms with Gasteiger partial charge < -0.3 is 28.4 Å². The van der Waals surface area contributed by atoms with Gasteiger partial charge >= 0.3 is 5.97 Å². The molecule has 0 aromatic heterocycles. The third-order valence-electron chi connectivity index (χ3n) is 5.98. The van der Waals surface area contributed by atoms with Gasteiger partial charge in [-0.15, -0.1) is 0 Å². The van der Waals surface area contributed by atoms with E-state index >= 15 is 0 Å². The SMILES string of the molecule is COc1ccc(/C=C2\Oc3cc(OC(=O)C(C)Oc4c(F)c(F)c(F)c(F)c4F)cc(C)c3C2=O)c(OC)c1OC. The number of ether oxygens (including phenoxy) is 6. The van der Waals surface area contributed by atoms with E-state index in [0.717, 1.165) is 6.92 Å². The monoisotopic (exact) mass is 580 g/mol. The maximum Gasteiger partial charge on any atom is 0.352 e. The van der Waals surface area contributed by atoms with Crippen molar-refractivity contribution in [2.24, 2.45) is 0 Å². The maximum atomic E-state index is 13.9. The average molecular weight is 580 g/mol. The number of ketones is 1. The first kappa shape index (κ1) is 29.2. The van der Waals surface area contributed by atoms with E-state index in [2.05, 4.69) is 0 Å². The van der Waals surface area contributed by atoms with E-state index in [1.807, 2.05) is 0 Å². The van der Waals surface area contributed by atoms with Crippen LogP contribution in [0.2, 0.25) is 0 Å². The van der Waals surface area contributed by atoms with Gasteiger partial charge in [-0.25, -0.2) is 18.0 Å². The van der Waals surface area contributed by atoms with Crippen LogP contribution in [-0.2, 0) is 4.79 Å². The Kier molecular flexibility index (Phi) is 8.08. The fourth-order valence-electron chi connectivity index (χ4n) is 4.03. The van der Waals surface area contributed by atoms with Crippen molar-refractivity contribution < 1.29 is 60.0 Å². The molecule has 0 spiro atoms. The van der Waals surface area contributed by atoms with Crippen molar-refractivity contribution in [3.05, 3.63) is 75.8 Å². The minimum absolute atomic E-state index is 0.0387. The Hall–Kier alpha value is -4.81. The Morgan fingerprint density at radius 3 is 2.05 bits per heavy atom. The van der Waals surface area contributed by atoms with E-state index < -0.39 is 52.7 Å². The number of benzene rings is 3. The van der Waals surface area contributed by atoms with E-state index in [1.165, 1.54) is 39.5 Å². The summed E-state index contributed by atoms with van der Waals surface area (Å²) >= 11 is 0. The van der Waals surface area contributed by atoms with Gasteiger partial charge in [0, 0.05) is 11.6 Å². The molecule has 41 heavy (non-hydrogen) atoms. The van der Waals surface area contributed by atoms with Crippen LogP contribution in [0.3, 0.4) is 0 Å².